The van der Waals surface area contributed by atoms with E-state index in [-0.39, 0.29) is 10.8 Å². The number of nitrogen functional groups attached to an aromatic ring is 1. The molecule has 3 N–H and O–H groups in total. The van der Waals surface area contributed by atoms with Crippen molar-refractivity contribution < 1.29 is 8.42 Å². The number of aromatic nitrogens is 3. The highest BCUT2D eigenvalue weighted by molar-refractivity contribution is 7.92. The lowest BCUT2D eigenvalue weighted by molar-refractivity contribution is 0.599. The Hall–Kier alpha value is -2.09. The summed E-state index contributed by atoms with van der Waals surface area (Å²) in [4.78, 5) is 4.08. The number of nitrogens with one attached hydrogen (secondary N) is 1. The fourth-order valence-electron chi connectivity index (χ4n) is 2.11. The van der Waals surface area contributed by atoms with E-state index in [1.54, 1.807) is 13.1 Å². The third-order valence-electron chi connectivity index (χ3n) is 3.29. The van der Waals surface area contributed by atoms with Crippen molar-refractivity contribution in [2.75, 3.05) is 10.5 Å². The normalized spacial score (nSPS) is 11.6. The van der Waals surface area contributed by atoms with Crippen LogP contribution in [0.4, 0.5) is 11.6 Å². The highest BCUT2D eigenvalue weighted by Crippen LogP contribution is 2.26. The number of aryl methyl sites for hydroxylation is 2. The molecule has 7 nitrogen and oxygen atoms in total. The number of nitrogens with two attached hydrogens (primary N) is 1. The van der Waals surface area contributed by atoms with Crippen LogP contribution in [0.15, 0.2) is 23.4 Å². The first kappa shape index (κ1) is 15.3. The van der Waals surface area contributed by atoms with Gasteiger partial charge in [-0.15, -0.1) is 0 Å². The SMILES string of the molecule is CCc1cc(N)c(CC)c(S(=O)(=O)Nc2ncnn2C)c1. The van der Waals surface area contributed by atoms with Crippen LogP contribution in [0.5, 0.6) is 0 Å². The average Bonchev–Trinajstić information content (AvgIpc) is 2.82. The van der Waals surface area contributed by atoms with E-state index in [9.17, 15) is 8.42 Å². The standard InChI is InChI=1S/C13H19N5O2S/c1-4-9-6-11(14)10(5-2)12(7-9)21(19,20)17-13-15-8-16-18(13)3/h6-8H,4-5,14H2,1-3H3,(H,15,16,17). The van der Waals surface area contributed by atoms with Crippen LogP contribution in [-0.2, 0) is 29.9 Å². The van der Waals surface area contributed by atoms with E-state index in [0.29, 0.717) is 24.1 Å². The summed E-state index contributed by atoms with van der Waals surface area (Å²) in [6.45, 7) is 3.82. The molecule has 0 unspecified atom stereocenters. The first-order valence-electron chi connectivity index (χ1n) is 6.67. The minimum Gasteiger partial charge on any atom is -0.398 e. The average molecular weight is 309 g/mol. The Morgan fingerprint density at radius 1 is 1.29 bits per heavy atom. The Labute approximate surface area is 124 Å². The molecule has 8 heteroatoms. The maximum Gasteiger partial charge on any atom is 0.264 e. The fraction of sp³-hybridized carbons (Fsp3) is 0.385. The van der Waals surface area contributed by atoms with Gasteiger partial charge in [0.2, 0.25) is 5.95 Å². The van der Waals surface area contributed by atoms with Crippen molar-refractivity contribution in [3.63, 3.8) is 0 Å². The van der Waals surface area contributed by atoms with Crippen molar-refractivity contribution in [3.05, 3.63) is 29.6 Å². The number of sulfonamides is 1. The van der Waals surface area contributed by atoms with Crippen LogP contribution in [0.25, 0.3) is 0 Å². The summed E-state index contributed by atoms with van der Waals surface area (Å²) in [5, 5.41) is 3.84. The van der Waals surface area contributed by atoms with E-state index < -0.39 is 10.0 Å². The van der Waals surface area contributed by atoms with Crippen LogP contribution in [0.1, 0.15) is 25.0 Å². The van der Waals surface area contributed by atoms with Crippen LogP contribution in [0.2, 0.25) is 0 Å². The van der Waals surface area contributed by atoms with Gasteiger partial charge in [0.05, 0.1) is 4.90 Å². The third-order valence-corrected chi connectivity index (χ3v) is 4.69. The Morgan fingerprint density at radius 3 is 2.52 bits per heavy atom. The maximum atomic E-state index is 12.6. The molecule has 0 bridgehead atoms. The van der Waals surface area contributed by atoms with Crippen LogP contribution < -0.4 is 10.5 Å². The van der Waals surface area contributed by atoms with E-state index in [1.807, 2.05) is 19.9 Å². The van der Waals surface area contributed by atoms with Crippen molar-refractivity contribution >= 4 is 21.7 Å². The lowest BCUT2D eigenvalue weighted by Crippen LogP contribution is -2.18. The molecule has 0 saturated heterocycles. The van der Waals surface area contributed by atoms with Gasteiger partial charge in [-0.1, -0.05) is 13.8 Å². The number of anilines is 2. The van der Waals surface area contributed by atoms with E-state index in [0.717, 1.165) is 5.56 Å². The van der Waals surface area contributed by atoms with Gasteiger partial charge < -0.3 is 5.73 Å². The van der Waals surface area contributed by atoms with Crippen LogP contribution >= 0.6 is 0 Å². The van der Waals surface area contributed by atoms with Crippen molar-refractivity contribution in [2.24, 2.45) is 7.05 Å². The molecule has 0 fully saturated rings. The maximum absolute atomic E-state index is 12.6. The molecular weight excluding hydrogens is 290 g/mol. The van der Waals surface area contributed by atoms with Crippen LogP contribution in [0.3, 0.4) is 0 Å². The summed E-state index contributed by atoms with van der Waals surface area (Å²) in [6.07, 6.45) is 2.53. The molecule has 1 aromatic heterocycles. The fourth-order valence-corrected chi connectivity index (χ4v) is 3.54. The minimum atomic E-state index is -3.76. The van der Waals surface area contributed by atoms with Gasteiger partial charge in [0, 0.05) is 12.7 Å². The molecule has 114 valence electrons. The zero-order valence-corrected chi connectivity index (χ0v) is 13.1. The van der Waals surface area contributed by atoms with Crippen molar-refractivity contribution in [3.8, 4) is 0 Å². The first-order valence-corrected chi connectivity index (χ1v) is 8.15. The Kier molecular flexibility index (Phi) is 4.17. The van der Waals surface area contributed by atoms with Crippen LogP contribution in [-0.4, -0.2) is 23.2 Å². The molecule has 1 aromatic carbocycles. The topological polar surface area (TPSA) is 103 Å². The molecule has 1 heterocycles. The monoisotopic (exact) mass is 309 g/mol. The van der Waals surface area contributed by atoms with Crippen molar-refractivity contribution in [1.29, 1.82) is 0 Å². The number of rotatable bonds is 5. The smallest absolute Gasteiger partial charge is 0.264 e. The minimum absolute atomic E-state index is 0.164. The predicted molar refractivity (Wildman–Crippen MR) is 81.4 cm³/mol. The summed E-state index contributed by atoms with van der Waals surface area (Å²) >= 11 is 0. The molecule has 0 aliphatic carbocycles. The van der Waals surface area contributed by atoms with Gasteiger partial charge in [0.15, 0.2) is 0 Å². The molecule has 0 aliphatic heterocycles. The van der Waals surface area contributed by atoms with Gasteiger partial charge in [0.1, 0.15) is 6.33 Å². The highest BCUT2D eigenvalue weighted by Gasteiger charge is 2.22. The molecule has 0 aliphatic rings. The molecule has 0 atom stereocenters. The number of nitrogens with zero attached hydrogens (tertiary/aromatic N) is 3. The molecule has 21 heavy (non-hydrogen) atoms. The van der Waals surface area contributed by atoms with Crippen LogP contribution in [0, 0.1) is 0 Å². The molecule has 0 amide bonds. The number of hydrogen-bond donors (Lipinski definition) is 2. The lowest BCUT2D eigenvalue weighted by atomic mass is 10.1. The van der Waals surface area contributed by atoms with E-state index in [1.165, 1.54) is 11.0 Å². The molecule has 0 radical (unpaired) electrons. The van der Waals surface area contributed by atoms with Gasteiger partial charge in [0.25, 0.3) is 10.0 Å². The summed E-state index contributed by atoms with van der Waals surface area (Å²) in [7, 11) is -2.14. The summed E-state index contributed by atoms with van der Waals surface area (Å²) in [5.74, 6) is 0.164. The van der Waals surface area contributed by atoms with Gasteiger partial charge >= 0.3 is 0 Å². The quantitative estimate of drug-likeness (QED) is 0.811. The second-order valence-electron chi connectivity index (χ2n) is 4.68. The Morgan fingerprint density at radius 2 is 2.00 bits per heavy atom. The molecule has 2 aromatic rings. The van der Waals surface area contributed by atoms with E-state index in [2.05, 4.69) is 14.8 Å². The molecular formula is C13H19N5O2S. The summed E-state index contributed by atoms with van der Waals surface area (Å²) in [6, 6.07) is 3.48. The third kappa shape index (κ3) is 2.99. The Bertz CT molecular complexity index is 752. The van der Waals surface area contributed by atoms with Gasteiger partial charge in [-0.2, -0.15) is 10.1 Å². The second-order valence-corrected chi connectivity index (χ2v) is 6.33. The number of benzene rings is 1. The van der Waals surface area contributed by atoms with Gasteiger partial charge in [-0.3, -0.25) is 0 Å². The van der Waals surface area contributed by atoms with Gasteiger partial charge in [-0.05, 0) is 36.1 Å². The predicted octanol–water partition coefficient (Wildman–Crippen LogP) is 1.32. The lowest BCUT2D eigenvalue weighted by Gasteiger charge is -2.14. The van der Waals surface area contributed by atoms with E-state index >= 15 is 0 Å². The summed E-state index contributed by atoms with van der Waals surface area (Å²) < 4.78 is 29.0. The van der Waals surface area contributed by atoms with E-state index in [4.69, 9.17) is 5.73 Å². The molecule has 2 rings (SSSR count). The second kappa shape index (κ2) is 5.72. The van der Waals surface area contributed by atoms with Crippen molar-refractivity contribution in [2.45, 2.75) is 31.6 Å². The van der Waals surface area contributed by atoms with Gasteiger partial charge in [-0.25, -0.2) is 17.8 Å². The molecule has 0 spiro atoms. The zero-order chi connectivity index (χ0) is 15.6. The first-order chi connectivity index (χ1) is 9.89. The van der Waals surface area contributed by atoms with Crippen molar-refractivity contribution in [1.82, 2.24) is 14.8 Å². The molecule has 0 saturated carbocycles. The highest BCUT2D eigenvalue weighted by atomic mass is 32.2. The largest absolute Gasteiger partial charge is 0.398 e. The summed E-state index contributed by atoms with van der Waals surface area (Å²) in [5.41, 5.74) is 7.97. The Balaban J connectivity index is 2.53. The zero-order valence-electron chi connectivity index (χ0n) is 12.3. The number of hydrogen-bond acceptors (Lipinski definition) is 5.